The quantitative estimate of drug-likeness (QED) is 0.663. The van der Waals surface area contributed by atoms with Crippen LogP contribution in [0, 0.1) is 0 Å². The third kappa shape index (κ3) is 6.10. The van der Waals surface area contributed by atoms with E-state index in [1.807, 2.05) is 0 Å². The molecular weight excluding hydrogens is 368 g/mol. The summed E-state index contributed by atoms with van der Waals surface area (Å²) in [6.45, 7) is 4.46. The Hall–Kier alpha value is -2.87. The zero-order valence-electron chi connectivity index (χ0n) is 15.2. The minimum absolute atomic E-state index is 0.156. The Morgan fingerprint density at radius 3 is 2.67 bits per heavy atom. The summed E-state index contributed by atoms with van der Waals surface area (Å²) >= 11 is 1.19. The molecule has 0 bridgehead atoms. The summed E-state index contributed by atoms with van der Waals surface area (Å²) in [5.41, 5.74) is 0.603. The fourth-order valence-electron chi connectivity index (χ4n) is 2.15. The van der Waals surface area contributed by atoms with E-state index in [0.717, 1.165) is 12.8 Å². The van der Waals surface area contributed by atoms with Gasteiger partial charge in [0.1, 0.15) is 10.8 Å². The van der Waals surface area contributed by atoms with Gasteiger partial charge in [-0.1, -0.05) is 19.4 Å². The number of nitrogens with one attached hydrogen (secondary N) is 2. The lowest BCUT2D eigenvalue weighted by Crippen LogP contribution is -2.31. The van der Waals surface area contributed by atoms with Crippen LogP contribution in [0.2, 0.25) is 0 Å². The molecule has 2 aromatic rings. The molecule has 7 nitrogen and oxygen atoms in total. The summed E-state index contributed by atoms with van der Waals surface area (Å²) in [7, 11) is 0. The largest absolute Gasteiger partial charge is 0.494 e. The monoisotopic (exact) mass is 390 g/mol. The number of hydrogen-bond acceptors (Lipinski definition) is 6. The number of rotatable bonds is 8. The van der Waals surface area contributed by atoms with Crippen molar-refractivity contribution in [2.24, 2.45) is 0 Å². The van der Waals surface area contributed by atoms with Gasteiger partial charge in [0.05, 0.1) is 18.8 Å². The molecule has 1 aromatic carbocycles. The maximum Gasteiger partial charge on any atom is 0.414 e. The molecule has 0 radical (unpaired) electrons. The van der Waals surface area contributed by atoms with Crippen molar-refractivity contribution in [2.45, 2.75) is 26.7 Å². The van der Waals surface area contributed by atoms with Crippen molar-refractivity contribution in [1.29, 1.82) is 0 Å². The van der Waals surface area contributed by atoms with Gasteiger partial charge in [0.15, 0.2) is 0 Å². The lowest BCUT2D eigenvalue weighted by Gasteiger charge is -2.09. The summed E-state index contributed by atoms with van der Waals surface area (Å²) in [6.07, 6.45) is 1.13. The van der Waals surface area contributed by atoms with E-state index in [4.69, 9.17) is 4.74 Å². The lowest BCUT2D eigenvalue weighted by molar-refractivity contribution is 0.0926. The highest BCUT2D eigenvalue weighted by Gasteiger charge is 2.18. The van der Waals surface area contributed by atoms with E-state index in [-0.39, 0.29) is 18.1 Å². The molecule has 27 heavy (non-hydrogen) atoms. The lowest BCUT2D eigenvalue weighted by atomic mass is 10.2. The van der Waals surface area contributed by atoms with Gasteiger partial charge in [-0.2, -0.15) is 0 Å². The van der Waals surface area contributed by atoms with Crippen LogP contribution in [-0.4, -0.2) is 31.1 Å². The van der Waals surface area contributed by atoms with Crippen LogP contribution in [0.1, 0.15) is 47.4 Å². The first-order valence-electron chi connectivity index (χ1n) is 8.65. The number of alkyl carbamates (subject to hydrolysis) is 1. The first-order valence-corrected chi connectivity index (χ1v) is 9.53. The first kappa shape index (κ1) is 20.4. The highest BCUT2D eigenvalue weighted by atomic mass is 32.1. The number of amides is 3. The average molecular weight is 390 g/mol. The van der Waals surface area contributed by atoms with Crippen molar-refractivity contribution in [1.82, 2.24) is 5.32 Å². The Kier molecular flexibility index (Phi) is 7.81. The van der Waals surface area contributed by atoms with Gasteiger partial charge in [0.25, 0.3) is 11.8 Å². The summed E-state index contributed by atoms with van der Waals surface area (Å²) in [5.74, 6) is -0.396. The number of anilines is 1. The van der Waals surface area contributed by atoms with Crippen LogP contribution < -0.4 is 15.4 Å². The Morgan fingerprint density at radius 2 is 1.93 bits per heavy atom. The van der Waals surface area contributed by atoms with Crippen LogP contribution in [0.25, 0.3) is 0 Å². The van der Waals surface area contributed by atoms with Crippen molar-refractivity contribution in [3.8, 4) is 5.75 Å². The van der Waals surface area contributed by atoms with Gasteiger partial charge in [-0.3, -0.25) is 14.9 Å². The van der Waals surface area contributed by atoms with E-state index in [9.17, 15) is 14.4 Å². The maximum atomic E-state index is 12.5. The van der Waals surface area contributed by atoms with Crippen LogP contribution >= 0.6 is 11.3 Å². The smallest absolute Gasteiger partial charge is 0.414 e. The summed E-state index contributed by atoms with van der Waals surface area (Å²) in [6, 6.07) is 8.36. The van der Waals surface area contributed by atoms with Gasteiger partial charge >= 0.3 is 6.09 Å². The molecule has 2 N–H and O–H groups in total. The molecule has 0 aliphatic heterocycles. The summed E-state index contributed by atoms with van der Waals surface area (Å²) in [4.78, 5) is 36.1. The molecule has 0 atom stereocenters. The van der Waals surface area contributed by atoms with Gasteiger partial charge in [-0.25, -0.2) is 4.79 Å². The number of ether oxygens (including phenoxy) is 2. The normalized spacial score (nSPS) is 10.1. The zero-order valence-corrected chi connectivity index (χ0v) is 16.1. The Balaban J connectivity index is 2.04. The third-order valence-corrected chi connectivity index (χ3v) is 4.32. The van der Waals surface area contributed by atoms with E-state index in [0.29, 0.717) is 22.9 Å². The van der Waals surface area contributed by atoms with Gasteiger partial charge in [-0.05, 0) is 43.0 Å². The maximum absolute atomic E-state index is 12.5. The predicted octanol–water partition coefficient (Wildman–Crippen LogP) is 4.07. The summed E-state index contributed by atoms with van der Waals surface area (Å²) < 4.78 is 10.3. The summed E-state index contributed by atoms with van der Waals surface area (Å²) in [5, 5.41) is 6.81. The van der Waals surface area contributed by atoms with Gasteiger partial charge in [-0.15, -0.1) is 11.3 Å². The Labute approximate surface area is 161 Å². The fraction of sp³-hybridized carbons (Fsp3) is 0.316. The second-order valence-electron chi connectivity index (χ2n) is 5.52. The molecule has 0 aliphatic carbocycles. The highest BCUT2D eigenvalue weighted by Crippen LogP contribution is 2.24. The standard InChI is InChI=1S/C19H22N2O5S/c1-3-5-10-26-14-8-6-7-13(12-14)16(22)20-18-15(9-11-27-18)17(23)21-19(24)25-4-2/h6-9,11-12H,3-5,10H2,1-2H3,(H,20,22)(H,21,23,24). The number of unbranched alkanes of at least 4 members (excludes halogenated alkanes) is 1. The second-order valence-corrected chi connectivity index (χ2v) is 6.44. The number of benzene rings is 1. The Morgan fingerprint density at radius 1 is 1.11 bits per heavy atom. The molecule has 144 valence electrons. The van der Waals surface area contributed by atoms with Crippen LogP contribution in [0.3, 0.4) is 0 Å². The average Bonchev–Trinajstić information content (AvgIpc) is 3.10. The van der Waals surface area contributed by atoms with Gasteiger partial charge < -0.3 is 14.8 Å². The molecule has 2 rings (SSSR count). The van der Waals surface area contributed by atoms with Crippen LogP contribution in [0.15, 0.2) is 35.7 Å². The topological polar surface area (TPSA) is 93.7 Å². The van der Waals surface area contributed by atoms with Gasteiger partial charge in [0.2, 0.25) is 0 Å². The first-order chi connectivity index (χ1) is 13.0. The van der Waals surface area contributed by atoms with Crippen molar-refractivity contribution in [3.05, 3.63) is 46.8 Å². The van der Waals surface area contributed by atoms with Crippen LogP contribution in [0.5, 0.6) is 5.75 Å². The molecule has 0 saturated heterocycles. The SMILES string of the molecule is CCCCOc1cccc(C(=O)Nc2sccc2C(=O)NC(=O)OCC)c1. The number of imide groups is 1. The minimum atomic E-state index is -0.831. The van der Waals surface area contributed by atoms with E-state index in [1.165, 1.54) is 17.4 Å². The fourth-order valence-corrected chi connectivity index (χ4v) is 2.93. The molecule has 1 aromatic heterocycles. The molecule has 0 saturated carbocycles. The molecular formula is C19H22N2O5S. The van der Waals surface area contributed by atoms with Crippen molar-refractivity contribution >= 4 is 34.2 Å². The van der Waals surface area contributed by atoms with Crippen molar-refractivity contribution in [3.63, 3.8) is 0 Å². The third-order valence-electron chi connectivity index (χ3n) is 3.49. The molecule has 8 heteroatoms. The van der Waals surface area contributed by atoms with Gasteiger partial charge in [0, 0.05) is 5.56 Å². The minimum Gasteiger partial charge on any atom is -0.494 e. The molecule has 3 amide bonds. The zero-order chi connectivity index (χ0) is 19.6. The highest BCUT2D eigenvalue weighted by molar-refractivity contribution is 7.14. The Bertz CT molecular complexity index is 803. The van der Waals surface area contributed by atoms with Crippen LogP contribution in [-0.2, 0) is 4.74 Å². The molecule has 0 spiro atoms. The van der Waals surface area contributed by atoms with E-state index >= 15 is 0 Å². The van der Waals surface area contributed by atoms with E-state index in [2.05, 4.69) is 22.3 Å². The second kappa shape index (κ2) is 10.3. The van der Waals surface area contributed by atoms with E-state index in [1.54, 1.807) is 36.6 Å². The van der Waals surface area contributed by atoms with E-state index < -0.39 is 12.0 Å². The predicted molar refractivity (Wildman–Crippen MR) is 104 cm³/mol. The number of carbonyl (C=O) groups is 3. The number of carbonyl (C=O) groups excluding carboxylic acids is 3. The van der Waals surface area contributed by atoms with Crippen molar-refractivity contribution in [2.75, 3.05) is 18.5 Å². The number of hydrogen-bond donors (Lipinski definition) is 2. The molecule has 0 unspecified atom stereocenters. The van der Waals surface area contributed by atoms with Crippen molar-refractivity contribution < 1.29 is 23.9 Å². The molecule has 1 heterocycles. The molecule has 0 fully saturated rings. The molecule has 0 aliphatic rings. The van der Waals surface area contributed by atoms with Crippen LogP contribution in [0.4, 0.5) is 9.80 Å². The number of thiophene rings is 1.